The molecule has 1 aliphatic heterocycles. The number of halogens is 2. The van der Waals surface area contributed by atoms with Crippen molar-refractivity contribution in [3.05, 3.63) is 54.1 Å². The summed E-state index contributed by atoms with van der Waals surface area (Å²) in [6, 6.07) is 9.58. The van der Waals surface area contributed by atoms with E-state index < -0.39 is 17.7 Å². The molecule has 0 radical (unpaired) electrons. The first-order chi connectivity index (χ1) is 12.0. The smallest absolute Gasteiger partial charge is 0.254 e. The molecule has 132 valence electrons. The number of para-hydroxylation sites is 2. The van der Waals surface area contributed by atoms with Crippen molar-refractivity contribution in [2.45, 2.75) is 6.10 Å². The second-order valence-electron chi connectivity index (χ2n) is 5.81. The van der Waals surface area contributed by atoms with E-state index in [1.54, 1.807) is 24.3 Å². The number of ether oxygens (including phenoxy) is 2. The Morgan fingerprint density at radius 2 is 1.96 bits per heavy atom. The SMILES string of the molecule is CN1CCOC(C(=O)Nc2ccccc2Oc2cc(F)cc(F)c2)C1. The third-order valence-corrected chi connectivity index (χ3v) is 3.77. The Balaban J connectivity index is 1.75. The van der Waals surface area contributed by atoms with Gasteiger partial charge in [-0.1, -0.05) is 12.1 Å². The predicted molar refractivity (Wildman–Crippen MR) is 88.7 cm³/mol. The highest BCUT2D eigenvalue weighted by atomic mass is 19.1. The van der Waals surface area contributed by atoms with Crippen molar-refractivity contribution in [3.63, 3.8) is 0 Å². The lowest BCUT2D eigenvalue weighted by molar-refractivity contribution is -0.132. The van der Waals surface area contributed by atoms with Gasteiger partial charge in [-0.25, -0.2) is 8.78 Å². The molecule has 1 amide bonds. The number of carbonyl (C=O) groups is 1. The van der Waals surface area contributed by atoms with Crippen LogP contribution in [0.2, 0.25) is 0 Å². The van der Waals surface area contributed by atoms with Crippen molar-refractivity contribution in [1.29, 1.82) is 0 Å². The minimum Gasteiger partial charge on any atom is -0.455 e. The number of benzene rings is 2. The van der Waals surface area contributed by atoms with Gasteiger partial charge in [-0.05, 0) is 19.2 Å². The van der Waals surface area contributed by atoms with E-state index in [2.05, 4.69) is 5.32 Å². The number of nitrogens with zero attached hydrogens (tertiary/aromatic N) is 1. The van der Waals surface area contributed by atoms with Gasteiger partial charge in [0, 0.05) is 31.3 Å². The molecule has 1 aliphatic rings. The highest BCUT2D eigenvalue weighted by molar-refractivity contribution is 5.95. The van der Waals surface area contributed by atoms with Crippen LogP contribution in [0.15, 0.2) is 42.5 Å². The molecule has 1 atom stereocenters. The molecule has 0 spiro atoms. The molecule has 1 saturated heterocycles. The van der Waals surface area contributed by atoms with Crippen molar-refractivity contribution in [1.82, 2.24) is 4.90 Å². The lowest BCUT2D eigenvalue weighted by atomic mass is 10.2. The maximum Gasteiger partial charge on any atom is 0.254 e. The van der Waals surface area contributed by atoms with Gasteiger partial charge in [-0.3, -0.25) is 4.79 Å². The van der Waals surface area contributed by atoms with E-state index >= 15 is 0 Å². The first-order valence-electron chi connectivity index (χ1n) is 7.85. The van der Waals surface area contributed by atoms with Gasteiger partial charge < -0.3 is 19.7 Å². The Morgan fingerprint density at radius 1 is 1.24 bits per heavy atom. The van der Waals surface area contributed by atoms with Crippen LogP contribution in [-0.4, -0.2) is 43.7 Å². The van der Waals surface area contributed by atoms with Crippen LogP contribution < -0.4 is 10.1 Å². The summed E-state index contributed by atoms with van der Waals surface area (Å²) >= 11 is 0. The molecular weight excluding hydrogens is 330 g/mol. The van der Waals surface area contributed by atoms with Crippen molar-refractivity contribution in [2.75, 3.05) is 32.1 Å². The second kappa shape index (κ2) is 7.58. The van der Waals surface area contributed by atoms with E-state index in [4.69, 9.17) is 9.47 Å². The molecule has 1 heterocycles. The first-order valence-corrected chi connectivity index (χ1v) is 7.85. The molecule has 1 unspecified atom stereocenters. The average molecular weight is 348 g/mol. The van der Waals surface area contributed by atoms with Crippen molar-refractivity contribution in [2.24, 2.45) is 0 Å². The summed E-state index contributed by atoms with van der Waals surface area (Å²) in [5.41, 5.74) is 0.397. The Bertz CT molecular complexity index is 749. The third kappa shape index (κ3) is 4.52. The van der Waals surface area contributed by atoms with Crippen molar-refractivity contribution in [3.8, 4) is 11.5 Å². The van der Waals surface area contributed by atoms with Crippen LogP contribution in [0.5, 0.6) is 11.5 Å². The number of anilines is 1. The molecule has 25 heavy (non-hydrogen) atoms. The predicted octanol–water partition coefficient (Wildman–Crippen LogP) is 3.03. The fraction of sp³-hybridized carbons (Fsp3) is 0.278. The quantitative estimate of drug-likeness (QED) is 0.923. The van der Waals surface area contributed by atoms with Crippen LogP contribution in [0, 0.1) is 11.6 Å². The van der Waals surface area contributed by atoms with Gasteiger partial charge >= 0.3 is 0 Å². The number of carbonyl (C=O) groups excluding carboxylic acids is 1. The highest BCUT2D eigenvalue weighted by Gasteiger charge is 2.25. The second-order valence-corrected chi connectivity index (χ2v) is 5.81. The highest BCUT2D eigenvalue weighted by Crippen LogP contribution is 2.30. The van der Waals surface area contributed by atoms with Crippen LogP contribution >= 0.6 is 0 Å². The number of amides is 1. The van der Waals surface area contributed by atoms with Crippen molar-refractivity contribution >= 4 is 11.6 Å². The summed E-state index contributed by atoms with van der Waals surface area (Å²) < 4.78 is 37.6. The Hall–Kier alpha value is -2.51. The molecule has 2 aromatic carbocycles. The summed E-state index contributed by atoms with van der Waals surface area (Å²) in [6.45, 7) is 1.74. The fourth-order valence-corrected chi connectivity index (χ4v) is 2.52. The molecule has 0 bridgehead atoms. The zero-order chi connectivity index (χ0) is 17.8. The lowest BCUT2D eigenvalue weighted by Crippen LogP contribution is -2.46. The number of hydrogen-bond acceptors (Lipinski definition) is 4. The summed E-state index contributed by atoms with van der Waals surface area (Å²) in [5.74, 6) is -1.49. The molecule has 1 fully saturated rings. The molecule has 7 heteroatoms. The van der Waals surface area contributed by atoms with Crippen LogP contribution in [0.1, 0.15) is 0 Å². The van der Waals surface area contributed by atoms with E-state index in [-0.39, 0.29) is 17.4 Å². The first kappa shape index (κ1) is 17.3. The number of rotatable bonds is 4. The average Bonchev–Trinajstić information content (AvgIpc) is 2.55. The molecule has 3 rings (SSSR count). The minimum atomic E-state index is -0.741. The van der Waals surface area contributed by atoms with Gasteiger partial charge in [-0.15, -0.1) is 0 Å². The molecule has 0 aliphatic carbocycles. The third-order valence-electron chi connectivity index (χ3n) is 3.77. The standard InChI is InChI=1S/C18H18F2N2O3/c1-22-6-7-24-17(11-22)18(23)21-15-4-2-3-5-16(15)25-14-9-12(19)8-13(20)10-14/h2-5,8-10,17H,6-7,11H2,1H3,(H,21,23). The minimum absolute atomic E-state index is 0.00727. The van der Waals surface area contributed by atoms with E-state index in [0.717, 1.165) is 24.7 Å². The van der Waals surface area contributed by atoms with Crippen LogP contribution in [0.25, 0.3) is 0 Å². The monoisotopic (exact) mass is 348 g/mol. The Kier molecular flexibility index (Phi) is 5.25. The Morgan fingerprint density at radius 3 is 2.68 bits per heavy atom. The summed E-state index contributed by atoms with van der Waals surface area (Å²) in [4.78, 5) is 14.4. The summed E-state index contributed by atoms with van der Waals surface area (Å²) in [5, 5.41) is 2.75. The fourth-order valence-electron chi connectivity index (χ4n) is 2.52. The molecule has 1 N–H and O–H groups in total. The van der Waals surface area contributed by atoms with E-state index in [9.17, 15) is 13.6 Å². The van der Waals surface area contributed by atoms with Gasteiger partial charge in [-0.2, -0.15) is 0 Å². The summed E-state index contributed by atoms with van der Waals surface area (Å²) in [6.07, 6.45) is -0.585. The van der Waals surface area contributed by atoms with E-state index in [0.29, 0.717) is 18.8 Å². The molecule has 5 nitrogen and oxygen atoms in total. The number of hydrogen-bond donors (Lipinski definition) is 1. The van der Waals surface area contributed by atoms with Gasteiger partial charge in [0.05, 0.1) is 12.3 Å². The van der Waals surface area contributed by atoms with Gasteiger partial charge in [0.15, 0.2) is 5.75 Å². The largest absolute Gasteiger partial charge is 0.455 e. The molecular formula is C18H18F2N2O3. The number of morpholine rings is 1. The number of nitrogens with one attached hydrogen (secondary N) is 1. The van der Waals surface area contributed by atoms with Gasteiger partial charge in [0.2, 0.25) is 0 Å². The zero-order valence-corrected chi connectivity index (χ0v) is 13.7. The zero-order valence-electron chi connectivity index (χ0n) is 13.7. The normalized spacial score (nSPS) is 18.0. The number of likely N-dealkylation sites (N-methyl/N-ethyl adjacent to an activating group) is 1. The Labute approximate surface area is 144 Å². The van der Waals surface area contributed by atoms with E-state index in [1.807, 2.05) is 11.9 Å². The topological polar surface area (TPSA) is 50.8 Å². The van der Waals surface area contributed by atoms with Crippen molar-refractivity contribution < 1.29 is 23.0 Å². The molecule has 0 saturated carbocycles. The van der Waals surface area contributed by atoms with Gasteiger partial charge in [0.1, 0.15) is 23.5 Å². The van der Waals surface area contributed by atoms with Gasteiger partial charge in [0.25, 0.3) is 5.91 Å². The van der Waals surface area contributed by atoms with Crippen LogP contribution in [0.3, 0.4) is 0 Å². The van der Waals surface area contributed by atoms with Crippen LogP contribution in [0.4, 0.5) is 14.5 Å². The maximum atomic E-state index is 13.3. The molecule has 0 aromatic heterocycles. The maximum absolute atomic E-state index is 13.3. The van der Waals surface area contributed by atoms with E-state index in [1.165, 1.54) is 0 Å². The molecule has 2 aromatic rings. The summed E-state index contributed by atoms with van der Waals surface area (Å²) in [7, 11) is 1.92. The van der Waals surface area contributed by atoms with Crippen LogP contribution in [-0.2, 0) is 9.53 Å². The lowest BCUT2D eigenvalue weighted by Gasteiger charge is -2.29.